The first-order chi connectivity index (χ1) is 14.5. The van der Waals surface area contributed by atoms with Gasteiger partial charge in [-0.05, 0) is 42.7 Å². The number of nitrogens with one attached hydrogen (secondary N) is 1. The Labute approximate surface area is 175 Å². The summed E-state index contributed by atoms with van der Waals surface area (Å²) in [5.74, 6) is 1.84. The van der Waals surface area contributed by atoms with Gasteiger partial charge in [-0.3, -0.25) is 9.59 Å². The molecule has 158 valence electrons. The second-order valence-electron chi connectivity index (χ2n) is 7.03. The van der Waals surface area contributed by atoms with E-state index in [2.05, 4.69) is 9.97 Å². The van der Waals surface area contributed by atoms with E-state index in [0.717, 1.165) is 12.0 Å². The molecule has 0 aliphatic heterocycles. The van der Waals surface area contributed by atoms with Gasteiger partial charge in [-0.2, -0.15) is 0 Å². The summed E-state index contributed by atoms with van der Waals surface area (Å²) in [5, 5.41) is 0.540. The predicted molar refractivity (Wildman–Crippen MR) is 116 cm³/mol. The number of fused-ring (bicyclic) bond motifs is 1. The number of carbonyl (C=O) groups excluding carboxylic acids is 1. The molecule has 7 nitrogen and oxygen atoms in total. The van der Waals surface area contributed by atoms with Gasteiger partial charge >= 0.3 is 0 Å². The third kappa shape index (κ3) is 4.97. The van der Waals surface area contributed by atoms with Gasteiger partial charge in [0, 0.05) is 13.0 Å². The van der Waals surface area contributed by atoms with Crippen LogP contribution in [-0.4, -0.2) is 41.5 Å². The first kappa shape index (κ1) is 21.4. The molecule has 3 aromatic rings. The zero-order chi connectivity index (χ0) is 21.5. The van der Waals surface area contributed by atoms with Gasteiger partial charge in [0.2, 0.25) is 5.91 Å². The van der Waals surface area contributed by atoms with Crippen molar-refractivity contribution in [1.82, 2.24) is 14.9 Å². The molecule has 0 unspecified atom stereocenters. The fraction of sp³-hybridized carbons (Fsp3) is 0.348. The number of para-hydroxylation sites is 1. The number of ether oxygens (including phenoxy) is 2. The average molecular weight is 409 g/mol. The molecule has 0 bridgehead atoms. The number of hydrogen-bond donors (Lipinski definition) is 1. The van der Waals surface area contributed by atoms with Crippen molar-refractivity contribution in [3.05, 3.63) is 64.2 Å². The highest BCUT2D eigenvalue weighted by Crippen LogP contribution is 2.27. The summed E-state index contributed by atoms with van der Waals surface area (Å²) in [4.78, 5) is 34.2. The molecule has 1 aromatic heterocycles. The first-order valence-corrected chi connectivity index (χ1v) is 10.0. The van der Waals surface area contributed by atoms with Gasteiger partial charge in [0.05, 0.1) is 31.7 Å². The molecule has 0 aliphatic carbocycles. The van der Waals surface area contributed by atoms with Crippen LogP contribution in [0.2, 0.25) is 0 Å². The van der Waals surface area contributed by atoms with Crippen molar-refractivity contribution < 1.29 is 14.3 Å². The maximum Gasteiger partial charge on any atom is 0.258 e. The lowest BCUT2D eigenvalue weighted by Crippen LogP contribution is -2.33. The normalized spacial score (nSPS) is 10.8. The lowest BCUT2D eigenvalue weighted by molar-refractivity contribution is -0.131. The van der Waals surface area contributed by atoms with E-state index in [1.165, 1.54) is 0 Å². The molecule has 0 atom stereocenters. The van der Waals surface area contributed by atoms with E-state index in [1.807, 2.05) is 31.2 Å². The highest BCUT2D eigenvalue weighted by atomic mass is 16.5. The Kier molecular flexibility index (Phi) is 7.06. The highest BCUT2D eigenvalue weighted by molar-refractivity contribution is 5.78. The Bertz CT molecular complexity index is 1080. The number of nitrogens with zero attached hydrogens (tertiary/aromatic N) is 2. The molecule has 3 rings (SSSR count). The number of carbonyl (C=O) groups is 1. The van der Waals surface area contributed by atoms with Crippen LogP contribution in [-0.2, 0) is 17.8 Å². The molecule has 30 heavy (non-hydrogen) atoms. The minimum absolute atomic E-state index is 0.0359. The second-order valence-corrected chi connectivity index (χ2v) is 7.03. The largest absolute Gasteiger partial charge is 0.493 e. The van der Waals surface area contributed by atoms with Gasteiger partial charge in [0.1, 0.15) is 5.82 Å². The summed E-state index contributed by atoms with van der Waals surface area (Å²) in [6.45, 7) is 2.73. The Balaban J connectivity index is 1.80. The minimum atomic E-state index is -0.196. The molecule has 0 aliphatic rings. The number of benzene rings is 2. The monoisotopic (exact) mass is 409 g/mol. The van der Waals surface area contributed by atoms with Gasteiger partial charge < -0.3 is 19.4 Å². The average Bonchev–Trinajstić information content (AvgIpc) is 2.76. The van der Waals surface area contributed by atoms with Crippen molar-refractivity contribution in [3.63, 3.8) is 0 Å². The summed E-state index contributed by atoms with van der Waals surface area (Å²) in [6.07, 6.45) is 1.85. The zero-order valence-corrected chi connectivity index (χ0v) is 17.6. The van der Waals surface area contributed by atoms with Crippen molar-refractivity contribution >= 4 is 16.8 Å². The lowest BCUT2D eigenvalue weighted by atomic mass is 10.1. The van der Waals surface area contributed by atoms with Gasteiger partial charge in [-0.1, -0.05) is 25.1 Å². The van der Waals surface area contributed by atoms with Crippen LogP contribution in [0.1, 0.15) is 31.2 Å². The Morgan fingerprint density at radius 1 is 1.10 bits per heavy atom. The Hall–Kier alpha value is -3.35. The molecule has 1 heterocycles. The minimum Gasteiger partial charge on any atom is -0.493 e. The number of aromatic nitrogens is 2. The maximum atomic E-state index is 12.7. The van der Waals surface area contributed by atoms with Crippen molar-refractivity contribution in [2.45, 2.75) is 32.7 Å². The van der Waals surface area contributed by atoms with E-state index in [4.69, 9.17) is 9.47 Å². The second kappa shape index (κ2) is 9.91. The summed E-state index contributed by atoms with van der Waals surface area (Å²) in [6, 6.07) is 12.9. The smallest absolute Gasteiger partial charge is 0.258 e. The van der Waals surface area contributed by atoms with Crippen LogP contribution in [0.3, 0.4) is 0 Å². The van der Waals surface area contributed by atoms with Crippen LogP contribution in [0, 0.1) is 0 Å². The number of rotatable bonds is 9. The standard InChI is InChI=1S/C23H27N3O4/c1-4-7-22(27)26(13-12-16-10-11-19(29-2)20(14-16)30-3)15-21-24-18-9-6-5-8-17(18)23(28)25-21/h5-6,8-11,14H,4,7,12-13,15H2,1-3H3,(H,24,25,28). The van der Waals surface area contributed by atoms with Gasteiger partial charge in [0.15, 0.2) is 11.5 Å². The zero-order valence-electron chi connectivity index (χ0n) is 17.6. The third-order valence-corrected chi connectivity index (χ3v) is 4.94. The number of hydrogen-bond acceptors (Lipinski definition) is 5. The van der Waals surface area contributed by atoms with Crippen LogP contribution in [0.25, 0.3) is 10.9 Å². The van der Waals surface area contributed by atoms with Crippen molar-refractivity contribution in [2.75, 3.05) is 20.8 Å². The SMILES string of the molecule is CCCC(=O)N(CCc1ccc(OC)c(OC)c1)Cc1nc2ccccc2c(=O)[nH]1. The molecule has 0 fully saturated rings. The fourth-order valence-corrected chi connectivity index (χ4v) is 3.35. The number of H-pyrrole nitrogens is 1. The number of methoxy groups -OCH3 is 2. The van der Waals surface area contributed by atoms with E-state index in [-0.39, 0.29) is 18.0 Å². The van der Waals surface area contributed by atoms with E-state index in [9.17, 15) is 9.59 Å². The molecule has 1 N–H and O–H groups in total. The quantitative estimate of drug-likeness (QED) is 0.586. The summed E-state index contributed by atoms with van der Waals surface area (Å²) >= 11 is 0. The lowest BCUT2D eigenvalue weighted by Gasteiger charge is -2.22. The van der Waals surface area contributed by atoms with Gasteiger partial charge in [-0.15, -0.1) is 0 Å². The molecule has 0 saturated carbocycles. The molecule has 7 heteroatoms. The van der Waals surface area contributed by atoms with Crippen molar-refractivity contribution in [3.8, 4) is 11.5 Å². The summed E-state index contributed by atoms with van der Waals surface area (Å²) < 4.78 is 10.6. The van der Waals surface area contributed by atoms with Crippen LogP contribution in [0.4, 0.5) is 0 Å². The maximum absolute atomic E-state index is 12.7. The molecule has 0 saturated heterocycles. The molecular formula is C23H27N3O4. The highest BCUT2D eigenvalue weighted by Gasteiger charge is 2.16. The van der Waals surface area contributed by atoms with Crippen LogP contribution in [0.15, 0.2) is 47.3 Å². The predicted octanol–water partition coefficient (Wildman–Crippen LogP) is 3.31. The molecule has 2 aromatic carbocycles. The third-order valence-electron chi connectivity index (χ3n) is 4.94. The molecule has 0 radical (unpaired) electrons. The van der Waals surface area contributed by atoms with E-state index < -0.39 is 0 Å². The molecular weight excluding hydrogens is 382 g/mol. The van der Waals surface area contributed by atoms with Gasteiger partial charge in [-0.25, -0.2) is 4.98 Å². The van der Waals surface area contributed by atoms with Gasteiger partial charge in [0.25, 0.3) is 5.56 Å². The van der Waals surface area contributed by atoms with Crippen molar-refractivity contribution in [1.29, 1.82) is 0 Å². The summed E-state index contributed by atoms with van der Waals surface area (Å²) in [5.41, 5.74) is 1.46. The summed E-state index contributed by atoms with van der Waals surface area (Å²) in [7, 11) is 3.19. The molecule has 0 spiro atoms. The first-order valence-electron chi connectivity index (χ1n) is 10.0. The van der Waals surface area contributed by atoms with Crippen LogP contribution >= 0.6 is 0 Å². The van der Waals surface area contributed by atoms with Crippen LogP contribution < -0.4 is 15.0 Å². The Morgan fingerprint density at radius 3 is 2.60 bits per heavy atom. The Morgan fingerprint density at radius 2 is 1.87 bits per heavy atom. The topological polar surface area (TPSA) is 84.5 Å². The van der Waals surface area contributed by atoms with E-state index in [1.54, 1.807) is 37.3 Å². The van der Waals surface area contributed by atoms with Crippen molar-refractivity contribution in [2.24, 2.45) is 0 Å². The number of aromatic amines is 1. The van der Waals surface area contributed by atoms with E-state index >= 15 is 0 Å². The van der Waals surface area contributed by atoms with E-state index in [0.29, 0.717) is 47.6 Å². The molecule has 1 amide bonds. The van der Waals surface area contributed by atoms with Crippen LogP contribution in [0.5, 0.6) is 11.5 Å². The number of amides is 1. The fourth-order valence-electron chi connectivity index (χ4n) is 3.35.